The first-order chi connectivity index (χ1) is 18.0. The standard InChI is InChI=1S/C28H30N4O5/c1-18(36-26-4-2-3-13-35-26)27-29-11-12-31(27)15-21-14-25(37-30-21)20-8-5-19(6-9-20)7-10-22-23-16-32(28(33)34)17-24(22)23/h5-6,8-9,11-12,14,18,22-24,26H,2-4,13,15-17H2,1H3,(H,33,34)/t18-,22?,23-,24+,26?/m0/s1. The van der Waals surface area contributed by atoms with Crippen molar-refractivity contribution in [1.82, 2.24) is 19.6 Å². The molecule has 2 unspecified atom stereocenters. The van der Waals surface area contributed by atoms with E-state index in [2.05, 4.69) is 22.0 Å². The Morgan fingerprint density at radius 1 is 1.24 bits per heavy atom. The molecule has 1 N–H and O–H groups in total. The molecular weight excluding hydrogens is 472 g/mol. The minimum absolute atomic E-state index is 0.175. The van der Waals surface area contributed by atoms with Crippen LogP contribution in [0.25, 0.3) is 11.3 Å². The van der Waals surface area contributed by atoms with Gasteiger partial charge >= 0.3 is 6.09 Å². The number of carbonyl (C=O) groups is 1. The number of hydrogen-bond donors (Lipinski definition) is 1. The first-order valence-corrected chi connectivity index (χ1v) is 12.9. The molecule has 5 atom stereocenters. The summed E-state index contributed by atoms with van der Waals surface area (Å²) in [5.74, 6) is 9.19. The summed E-state index contributed by atoms with van der Waals surface area (Å²) in [7, 11) is 0. The maximum Gasteiger partial charge on any atom is 0.407 e. The van der Waals surface area contributed by atoms with E-state index in [9.17, 15) is 4.79 Å². The molecule has 4 heterocycles. The van der Waals surface area contributed by atoms with Gasteiger partial charge in [-0.3, -0.25) is 0 Å². The highest BCUT2D eigenvalue weighted by Gasteiger charge is 2.56. The van der Waals surface area contributed by atoms with Gasteiger partial charge in [-0.1, -0.05) is 17.0 Å². The number of fused-ring (bicyclic) bond motifs is 1. The van der Waals surface area contributed by atoms with Gasteiger partial charge in [-0.2, -0.15) is 0 Å². The molecule has 6 rings (SSSR count). The molecule has 0 radical (unpaired) electrons. The van der Waals surface area contributed by atoms with Gasteiger partial charge in [0.15, 0.2) is 12.1 Å². The Bertz CT molecular complexity index is 1300. The fourth-order valence-electron chi connectivity index (χ4n) is 5.40. The van der Waals surface area contributed by atoms with Gasteiger partial charge in [-0.05, 0) is 62.3 Å². The van der Waals surface area contributed by atoms with E-state index in [1.807, 2.05) is 48.0 Å². The van der Waals surface area contributed by atoms with Gasteiger partial charge in [0, 0.05) is 55.2 Å². The van der Waals surface area contributed by atoms with Crippen LogP contribution in [0.3, 0.4) is 0 Å². The van der Waals surface area contributed by atoms with Crippen molar-refractivity contribution in [3.8, 4) is 23.2 Å². The van der Waals surface area contributed by atoms with E-state index in [0.717, 1.165) is 48.5 Å². The molecule has 1 amide bonds. The summed E-state index contributed by atoms with van der Waals surface area (Å²) in [6.07, 6.45) is 5.62. The molecule has 37 heavy (non-hydrogen) atoms. The SMILES string of the molecule is C[C@H](OC1CCCCO1)c1nccn1Cc1cc(-c2ccc(C#CC3[C@H]4CN(C(=O)O)C[C@@H]34)cc2)on1. The maximum atomic E-state index is 11.1. The number of piperidine rings is 1. The van der Waals surface area contributed by atoms with Gasteiger partial charge in [0.1, 0.15) is 17.6 Å². The molecule has 2 aromatic heterocycles. The average molecular weight is 503 g/mol. The van der Waals surface area contributed by atoms with Crippen LogP contribution >= 0.6 is 0 Å². The van der Waals surface area contributed by atoms with E-state index in [-0.39, 0.29) is 12.4 Å². The van der Waals surface area contributed by atoms with E-state index in [1.165, 1.54) is 4.90 Å². The van der Waals surface area contributed by atoms with Crippen LogP contribution in [0.4, 0.5) is 4.79 Å². The van der Waals surface area contributed by atoms with Crippen molar-refractivity contribution in [3.63, 3.8) is 0 Å². The molecule has 2 saturated heterocycles. The van der Waals surface area contributed by atoms with Crippen molar-refractivity contribution in [2.45, 2.75) is 45.1 Å². The fourth-order valence-corrected chi connectivity index (χ4v) is 5.40. The highest BCUT2D eigenvalue weighted by molar-refractivity contribution is 5.66. The molecule has 1 saturated carbocycles. The third-order valence-electron chi connectivity index (χ3n) is 7.51. The van der Waals surface area contributed by atoms with Crippen molar-refractivity contribution in [3.05, 3.63) is 59.8 Å². The summed E-state index contributed by atoms with van der Waals surface area (Å²) in [6, 6.07) is 9.87. The molecule has 3 fully saturated rings. The molecule has 9 heteroatoms. The fraction of sp³-hybridized carbons (Fsp3) is 0.464. The summed E-state index contributed by atoms with van der Waals surface area (Å²) in [6.45, 7) is 4.48. The monoisotopic (exact) mass is 502 g/mol. The van der Waals surface area contributed by atoms with Crippen LogP contribution in [0.5, 0.6) is 0 Å². The van der Waals surface area contributed by atoms with Gasteiger partial charge in [-0.15, -0.1) is 0 Å². The van der Waals surface area contributed by atoms with Crippen LogP contribution in [-0.4, -0.2) is 56.8 Å². The number of rotatable bonds is 6. The van der Waals surface area contributed by atoms with Gasteiger partial charge in [0.05, 0.1) is 6.54 Å². The lowest BCUT2D eigenvalue weighted by Gasteiger charge is -2.26. The van der Waals surface area contributed by atoms with Crippen molar-refractivity contribution < 1.29 is 23.9 Å². The first kappa shape index (κ1) is 23.8. The Morgan fingerprint density at radius 2 is 2.05 bits per heavy atom. The molecule has 192 valence electrons. The van der Waals surface area contributed by atoms with Crippen LogP contribution in [-0.2, 0) is 16.0 Å². The van der Waals surface area contributed by atoms with E-state index < -0.39 is 6.09 Å². The number of ether oxygens (including phenoxy) is 2. The largest absolute Gasteiger partial charge is 0.465 e. The first-order valence-electron chi connectivity index (χ1n) is 12.9. The van der Waals surface area contributed by atoms with Crippen molar-refractivity contribution in [2.75, 3.05) is 19.7 Å². The Hall–Kier alpha value is -3.61. The van der Waals surface area contributed by atoms with Crippen LogP contribution in [0.15, 0.2) is 47.2 Å². The number of hydrogen-bond acceptors (Lipinski definition) is 6. The van der Waals surface area contributed by atoms with Crippen LogP contribution in [0.2, 0.25) is 0 Å². The predicted molar refractivity (Wildman–Crippen MR) is 133 cm³/mol. The average Bonchev–Trinajstić information content (AvgIpc) is 3.40. The third kappa shape index (κ3) is 5.13. The lowest BCUT2D eigenvalue weighted by atomic mass is 10.1. The Labute approximate surface area is 215 Å². The summed E-state index contributed by atoms with van der Waals surface area (Å²) < 4.78 is 19.4. The van der Waals surface area contributed by atoms with Gasteiger partial charge in [-0.25, -0.2) is 9.78 Å². The molecular formula is C28H30N4O5. The van der Waals surface area contributed by atoms with Crippen LogP contribution < -0.4 is 0 Å². The molecule has 1 aromatic carbocycles. The van der Waals surface area contributed by atoms with Crippen molar-refractivity contribution >= 4 is 6.09 Å². The van der Waals surface area contributed by atoms with Crippen molar-refractivity contribution in [1.29, 1.82) is 0 Å². The lowest BCUT2D eigenvalue weighted by Crippen LogP contribution is -2.29. The highest BCUT2D eigenvalue weighted by Crippen LogP contribution is 2.51. The lowest BCUT2D eigenvalue weighted by molar-refractivity contribution is -0.188. The molecule has 0 bridgehead atoms. The highest BCUT2D eigenvalue weighted by atomic mass is 16.7. The van der Waals surface area contributed by atoms with Gasteiger partial charge < -0.3 is 28.6 Å². The van der Waals surface area contributed by atoms with Gasteiger partial charge in [0.2, 0.25) is 0 Å². The molecule has 0 spiro atoms. The van der Waals surface area contributed by atoms with E-state index in [1.54, 1.807) is 6.20 Å². The molecule has 1 aliphatic carbocycles. The number of benzene rings is 1. The second-order valence-electron chi connectivity index (χ2n) is 10.1. The quantitative estimate of drug-likeness (QED) is 0.499. The summed E-state index contributed by atoms with van der Waals surface area (Å²) >= 11 is 0. The summed E-state index contributed by atoms with van der Waals surface area (Å²) in [4.78, 5) is 17.0. The number of nitrogens with zero attached hydrogens (tertiary/aromatic N) is 4. The third-order valence-corrected chi connectivity index (χ3v) is 7.51. The molecule has 9 nitrogen and oxygen atoms in total. The van der Waals surface area contributed by atoms with E-state index in [4.69, 9.17) is 19.1 Å². The van der Waals surface area contributed by atoms with Crippen LogP contribution in [0.1, 0.15) is 49.4 Å². The molecule has 2 aliphatic heterocycles. The topological polar surface area (TPSA) is 103 Å². The number of imidazole rings is 1. The number of carboxylic acid groups (broad SMARTS) is 1. The normalized spacial score (nSPS) is 25.3. The zero-order chi connectivity index (χ0) is 25.4. The molecule has 3 aliphatic rings. The van der Waals surface area contributed by atoms with Crippen molar-refractivity contribution in [2.24, 2.45) is 17.8 Å². The summed E-state index contributed by atoms with van der Waals surface area (Å²) in [5, 5.41) is 13.3. The second kappa shape index (κ2) is 10.0. The predicted octanol–water partition coefficient (Wildman–Crippen LogP) is 4.40. The minimum atomic E-state index is -0.830. The number of amides is 1. The number of likely N-dealkylation sites (tertiary alicyclic amines) is 1. The van der Waals surface area contributed by atoms with E-state index in [0.29, 0.717) is 43.1 Å². The summed E-state index contributed by atoms with van der Waals surface area (Å²) in [5.41, 5.74) is 2.67. The number of aromatic nitrogens is 3. The maximum absolute atomic E-state index is 11.1. The Balaban J connectivity index is 1.06. The van der Waals surface area contributed by atoms with E-state index >= 15 is 0 Å². The van der Waals surface area contributed by atoms with Gasteiger partial charge in [0.25, 0.3) is 0 Å². The molecule has 3 aromatic rings. The smallest absolute Gasteiger partial charge is 0.407 e. The second-order valence-corrected chi connectivity index (χ2v) is 10.1. The Morgan fingerprint density at radius 3 is 2.78 bits per heavy atom. The zero-order valence-electron chi connectivity index (χ0n) is 20.7. The zero-order valence-corrected chi connectivity index (χ0v) is 20.7. The minimum Gasteiger partial charge on any atom is -0.465 e. The van der Waals surface area contributed by atoms with Crippen LogP contribution in [0, 0.1) is 29.6 Å². The Kier molecular flexibility index (Phi) is 6.45.